The summed E-state index contributed by atoms with van der Waals surface area (Å²) in [7, 11) is 0. The molecule has 180 valence electrons. The fraction of sp³-hybridized carbons (Fsp3) is 0.762. The molecule has 1 atom stereocenters. The molecule has 8 nitrogen and oxygen atoms in total. The number of aromatic nitrogens is 1. The van der Waals surface area contributed by atoms with Crippen molar-refractivity contribution < 1.29 is 37.1 Å². The van der Waals surface area contributed by atoms with Crippen molar-refractivity contribution in [3.8, 4) is 0 Å². The predicted octanol–water partition coefficient (Wildman–Crippen LogP) is 2.92. The van der Waals surface area contributed by atoms with Crippen LogP contribution in [0.4, 0.5) is 13.2 Å². The van der Waals surface area contributed by atoms with Crippen molar-refractivity contribution in [2.75, 3.05) is 32.8 Å². The van der Waals surface area contributed by atoms with Crippen LogP contribution >= 0.6 is 0 Å². The van der Waals surface area contributed by atoms with Crippen LogP contribution < -0.4 is 0 Å². The minimum Gasteiger partial charge on any atom is -0.475 e. The summed E-state index contributed by atoms with van der Waals surface area (Å²) in [5, 5.41) is 11.2. The number of hydrogen-bond acceptors (Lipinski definition) is 6. The molecule has 1 aromatic rings. The number of carbonyl (C=O) groups excluding carboxylic acids is 1. The summed E-state index contributed by atoms with van der Waals surface area (Å²) in [4.78, 5) is 26.1. The van der Waals surface area contributed by atoms with Gasteiger partial charge in [-0.3, -0.25) is 9.69 Å². The molecule has 0 aromatic carbocycles. The molecule has 1 aromatic heterocycles. The number of nitrogens with zero attached hydrogens (tertiary/aromatic N) is 3. The Morgan fingerprint density at radius 3 is 2.41 bits per heavy atom. The van der Waals surface area contributed by atoms with E-state index in [4.69, 9.17) is 19.2 Å². The largest absolute Gasteiger partial charge is 0.490 e. The molecule has 4 rings (SSSR count). The molecule has 1 aliphatic carbocycles. The monoisotopic (exact) mass is 461 g/mol. The second kappa shape index (κ2) is 9.78. The number of ether oxygens (including phenoxy) is 1. The van der Waals surface area contributed by atoms with E-state index in [0.717, 1.165) is 69.9 Å². The maximum Gasteiger partial charge on any atom is 0.490 e. The lowest BCUT2D eigenvalue weighted by Gasteiger charge is -2.49. The van der Waals surface area contributed by atoms with Crippen LogP contribution in [0.2, 0.25) is 0 Å². The number of likely N-dealkylation sites (tertiary alicyclic amines) is 1. The lowest BCUT2D eigenvalue weighted by atomic mass is 9.83. The minimum atomic E-state index is -5.08. The minimum absolute atomic E-state index is 0.200. The zero-order valence-electron chi connectivity index (χ0n) is 18.4. The van der Waals surface area contributed by atoms with Gasteiger partial charge < -0.3 is 19.3 Å². The van der Waals surface area contributed by atoms with E-state index in [-0.39, 0.29) is 11.5 Å². The Bertz CT molecular complexity index is 801. The fourth-order valence-electron chi connectivity index (χ4n) is 4.47. The smallest absolute Gasteiger partial charge is 0.475 e. The average Bonchev–Trinajstić information content (AvgIpc) is 2.98. The second-order valence-electron chi connectivity index (χ2n) is 8.84. The van der Waals surface area contributed by atoms with E-state index in [1.165, 1.54) is 12.0 Å². The first kappa shape index (κ1) is 24.5. The predicted molar refractivity (Wildman–Crippen MR) is 107 cm³/mol. The number of carboxylic acid groups (broad SMARTS) is 1. The third-order valence-corrected chi connectivity index (χ3v) is 6.44. The van der Waals surface area contributed by atoms with E-state index in [1.807, 2.05) is 13.8 Å². The van der Waals surface area contributed by atoms with Gasteiger partial charge in [-0.2, -0.15) is 13.2 Å². The number of carbonyl (C=O) groups is 2. The molecule has 32 heavy (non-hydrogen) atoms. The van der Waals surface area contributed by atoms with E-state index in [0.29, 0.717) is 12.5 Å². The molecule has 2 aliphatic heterocycles. The molecule has 0 radical (unpaired) electrons. The molecule has 1 N–H and O–H groups in total. The Kier molecular flexibility index (Phi) is 7.49. The number of alkyl halides is 3. The number of piperidine rings is 1. The highest BCUT2D eigenvalue weighted by Crippen LogP contribution is 2.33. The molecule has 3 aliphatic rings. The SMILES string of the molecule is Cc1noc(C)c1CN1CCCC2(C1)CN(C(=O)C1CCC1)CCO2.O=C(O)C(F)(F)F. The number of aryl methyl sites for hydroxylation is 2. The molecule has 3 fully saturated rings. The first-order valence-corrected chi connectivity index (χ1v) is 10.9. The molecule has 1 saturated carbocycles. The molecular weight excluding hydrogens is 431 g/mol. The topological polar surface area (TPSA) is 96.1 Å². The normalized spacial score (nSPS) is 24.6. The lowest BCUT2D eigenvalue weighted by Crippen LogP contribution is -2.61. The van der Waals surface area contributed by atoms with Crippen LogP contribution in [0, 0.1) is 19.8 Å². The Morgan fingerprint density at radius 2 is 1.88 bits per heavy atom. The van der Waals surface area contributed by atoms with Crippen LogP contribution in [0.3, 0.4) is 0 Å². The zero-order chi connectivity index (χ0) is 23.5. The van der Waals surface area contributed by atoms with Gasteiger partial charge in [0.2, 0.25) is 5.91 Å². The van der Waals surface area contributed by atoms with Crippen molar-refractivity contribution in [1.82, 2.24) is 15.0 Å². The number of aliphatic carboxylic acids is 1. The van der Waals surface area contributed by atoms with Gasteiger partial charge in [0, 0.05) is 31.1 Å². The summed E-state index contributed by atoms with van der Waals surface area (Å²) < 4.78 is 43.3. The van der Waals surface area contributed by atoms with Gasteiger partial charge in [-0.1, -0.05) is 11.6 Å². The van der Waals surface area contributed by atoms with Gasteiger partial charge in [-0.25, -0.2) is 4.79 Å². The molecule has 11 heteroatoms. The van der Waals surface area contributed by atoms with Gasteiger partial charge in [0.05, 0.1) is 24.4 Å². The Hall–Kier alpha value is -2.14. The first-order chi connectivity index (χ1) is 15.0. The Morgan fingerprint density at radius 1 is 1.19 bits per heavy atom. The molecule has 1 unspecified atom stereocenters. The van der Waals surface area contributed by atoms with Gasteiger partial charge in [0.15, 0.2) is 0 Å². The van der Waals surface area contributed by atoms with Crippen LogP contribution in [0.15, 0.2) is 4.52 Å². The van der Waals surface area contributed by atoms with E-state index in [2.05, 4.69) is 15.0 Å². The highest BCUT2D eigenvalue weighted by molar-refractivity contribution is 5.79. The van der Waals surface area contributed by atoms with Crippen molar-refractivity contribution >= 4 is 11.9 Å². The summed E-state index contributed by atoms with van der Waals surface area (Å²) in [5.74, 6) is -1.22. The van der Waals surface area contributed by atoms with Crippen LogP contribution in [0.1, 0.15) is 49.1 Å². The van der Waals surface area contributed by atoms with Gasteiger partial charge in [-0.05, 0) is 46.1 Å². The van der Waals surface area contributed by atoms with Crippen molar-refractivity contribution in [2.24, 2.45) is 5.92 Å². The molecule has 1 amide bonds. The van der Waals surface area contributed by atoms with Crippen LogP contribution in [-0.2, 0) is 20.9 Å². The number of halogens is 3. The molecule has 2 saturated heterocycles. The van der Waals surface area contributed by atoms with Crippen LogP contribution in [0.5, 0.6) is 0 Å². The third kappa shape index (κ3) is 5.80. The third-order valence-electron chi connectivity index (χ3n) is 6.44. The fourth-order valence-corrected chi connectivity index (χ4v) is 4.47. The van der Waals surface area contributed by atoms with Gasteiger partial charge in [0.25, 0.3) is 0 Å². The maximum atomic E-state index is 12.7. The summed E-state index contributed by atoms with van der Waals surface area (Å²) in [6, 6.07) is 0. The van der Waals surface area contributed by atoms with E-state index in [9.17, 15) is 18.0 Å². The number of hydrogen-bond donors (Lipinski definition) is 1. The van der Waals surface area contributed by atoms with Gasteiger partial charge in [-0.15, -0.1) is 0 Å². The Labute approximate surface area is 184 Å². The maximum absolute atomic E-state index is 12.7. The molecule has 1 spiro atoms. The van der Waals surface area contributed by atoms with Crippen molar-refractivity contribution in [2.45, 2.75) is 64.3 Å². The van der Waals surface area contributed by atoms with Crippen LogP contribution in [0.25, 0.3) is 0 Å². The Balaban J connectivity index is 0.000000360. The number of carboxylic acids is 1. The summed E-state index contributed by atoms with van der Waals surface area (Å²) in [5.41, 5.74) is 1.97. The quantitative estimate of drug-likeness (QED) is 0.739. The van der Waals surface area contributed by atoms with E-state index >= 15 is 0 Å². The average molecular weight is 461 g/mol. The summed E-state index contributed by atoms with van der Waals surface area (Å²) >= 11 is 0. The second-order valence-corrected chi connectivity index (χ2v) is 8.84. The highest BCUT2D eigenvalue weighted by Gasteiger charge is 2.43. The van der Waals surface area contributed by atoms with Crippen LogP contribution in [-0.4, -0.2) is 76.5 Å². The molecular formula is C21H30F3N3O5. The van der Waals surface area contributed by atoms with E-state index < -0.39 is 12.1 Å². The first-order valence-electron chi connectivity index (χ1n) is 10.9. The zero-order valence-corrected chi connectivity index (χ0v) is 18.4. The lowest BCUT2D eigenvalue weighted by molar-refractivity contribution is -0.192. The van der Waals surface area contributed by atoms with Crippen molar-refractivity contribution in [3.05, 3.63) is 17.0 Å². The highest BCUT2D eigenvalue weighted by atomic mass is 19.4. The van der Waals surface area contributed by atoms with E-state index in [1.54, 1.807) is 0 Å². The summed E-state index contributed by atoms with van der Waals surface area (Å²) in [6.45, 7) is 8.94. The molecule has 0 bridgehead atoms. The number of morpholine rings is 1. The summed E-state index contributed by atoms with van der Waals surface area (Å²) in [6.07, 6.45) is 0.411. The van der Waals surface area contributed by atoms with Gasteiger partial charge >= 0.3 is 12.1 Å². The van der Waals surface area contributed by atoms with Crippen molar-refractivity contribution in [3.63, 3.8) is 0 Å². The number of amides is 1. The molecule has 3 heterocycles. The van der Waals surface area contributed by atoms with Gasteiger partial charge in [0.1, 0.15) is 5.76 Å². The van der Waals surface area contributed by atoms with Crippen molar-refractivity contribution in [1.29, 1.82) is 0 Å². The standard InChI is InChI=1S/C19H29N3O3.C2HF3O2/c1-14-17(15(2)25-20-14)11-21-8-4-7-19(12-21)13-22(9-10-24-19)18(23)16-5-3-6-16;3-2(4,5)1(6)7/h16H,3-13H2,1-2H3;(H,6,7). The number of rotatable bonds is 3.